The van der Waals surface area contributed by atoms with Crippen molar-refractivity contribution in [2.75, 3.05) is 0 Å². The van der Waals surface area contributed by atoms with Crippen LogP contribution in [0.15, 0.2) is 46.9 Å². The second kappa shape index (κ2) is 6.73. The van der Waals surface area contributed by atoms with Gasteiger partial charge in [-0.25, -0.2) is 0 Å². The van der Waals surface area contributed by atoms with E-state index in [4.69, 9.17) is 0 Å². The van der Waals surface area contributed by atoms with Gasteiger partial charge in [0.25, 0.3) is 0 Å². The van der Waals surface area contributed by atoms with E-state index in [1.54, 1.807) is 0 Å². The topological polar surface area (TPSA) is 32.3 Å². The van der Waals surface area contributed by atoms with Crippen LogP contribution in [-0.2, 0) is 26.0 Å². The molecule has 21 heavy (non-hydrogen) atoms. The van der Waals surface area contributed by atoms with E-state index in [2.05, 4.69) is 51.6 Å². The molecule has 0 aromatic heterocycles. The lowest BCUT2D eigenvalue weighted by Crippen LogP contribution is -2.34. The molecule has 0 amide bonds. The Bertz CT molecular complexity index is 626. The van der Waals surface area contributed by atoms with E-state index in [0.29, 0.717) is 6.04 Å². The van der Waals surface area contributed by atoms with E-state index in [1.165, 1.54) is 27.6 Å². The minimum absolute atomic E-state index is 0.111. The summed E-state index contributed by atoms with van der Waals surface area (Å²) < 4.78 is 1.17. The molecule has 0 spiro atoms. The first kappa shape index (κ1) is 14.8. The number of hydrogen-bond donors (Lipinski definition) is 2. The smallest absolute Gasteiger partial charge is 0.0681 e. The molecule has 2 aromatic carbocycles. The van der Waals surface area contributed by atoms with Crippen LogP contribution in [0, 0.1) is 0 Å². The number of nitrogens with one attached hydrogen (secondary N) is 1. The molecule has 0 bridgehead atoms. The molecule has 1 unspecified atom stereocenters. The van der Waals surface area contributed by atoms with Gasteiger partial charge in [0.05, 0.1) is 6.61 Å². The van der Waals surface area contributed by atoms with Gasteiger partial charge >= 0.3 is 0 Å². The highest BCUT2D eigenvalue weighted by Crippen LogP contribution is 2.25. The van der Waals surface area contributed by atoms with Crippen LogP contribution in [0.3, 0.4) is 0 Å². The number of aliphatic hydroxyl groups excluding tert-OH is 1. The Labute approximate surface area is 134 Å². The maximum atomic E-state index is 9.19. The van der Waals surface area contributed by atoms with Crippen LogP contribution in [0.4, 0.5) is 0 Å². The molecule has 0 aliphatic heterocycles. The Morgan fingerprint density at radius 2 is 1.95 bits per heavy atom. The minimum atomic E-state index is 0.111. The van der Waals surface area contributed by atoms with Crippen LogP contribution >= 0.6 is 15.9 Å². The van der Waals surface area contributed by atoms with Gasteiger partial charge in [-0.15, -0.1) is 0 Å². The molecule has 1 aliphatic rings. The van der Waals surface area contributed by atoms with Crippen molar-refractivity contribution < 1.29 is 5.11 Å². The third-order valence-corrected chi connectivity index (χ3v) is 4.66. The fourth-order valence-electron chi connectivity index (χ4n) is 3.00. The molecule has 0 heterocycles. The maximum absolute atomic E-state index is 9.19. The van der Waals surface area contributed by atoms with Gasteiger partial charge in [-0.05, 0) is 53.6 Å². The quantitative estimate of drug-likeness (QED) is 0.887. The van der Waals surface area contributed by atoms with Crippen LogP contribution in [0.2, 0.25) is 0 Å². The molecule has 1 atom stereocenters. The Hall–Kier alpha value is -1.16. The molecule has 3 rings (SSSR count). The lowest BCUT2D eigenvalue weighted by Gasteiger charge is -2.26. The SMILES string of the molecule is OCc1cccc(CNC2CCc3cc(Br)ccc3C2)c1. The minimum Gasteiger partial charge on any atom is -0.392 e. The summed E-state index contributed by atoms with van der Waals surface area (Å²) >= 11 is 3.54. The van der Waals surface area contributed by atoms with Gasteiger partial charge in [0.1, 0.15) is 0 Å². The predicted octanol–water partition coefficient (Wildman–Crippen LogP) is 3.59. The Morgan fingerprint density at radius 1 is 1.10 bits per heavy atom. The molecule has 2 nitrogen and oxygen atoms in total. The van der Waals surface area contributed by atoms with Crippen LogP contribution in [0.5, 0.6) is 0 Å². The maximum Gasteiger partial charge on any atom is 0.0681 e. The van der Waals surface area contributed by atoms with Crippen molar-refractivity contribution in [3.05, 3.63) is 69.2 Å². The number of rotatable bonds is 4. The first-order valence-electron chi connectivity index (χ1n) is 7.44. The Balaban J connectivity index is 1.61. The highest BCUT2D eigenvalue weighted by Gasteiger charge is 2.18. The molecular weight excluding hydrogens is 326 g/mol. The van der Waals surface area contributed by atoms with Gasteiger partial charge in [-0.1, -0.05) is 46.3 Å². The zero-order valence-electron chi connectivity index (χ0n) is 12.0. The van der Waals surface area contributed by atoms with Gasteiger partial charge < -0.3 is 10.4 Å². The van der Waals surface area contributed by atoms with Gasteiger partial charge in [-0.3, -0.25) is 0 Å². The van der Waals surface area contributed by atoms with E-state index in [1.807, 2.05) is 12.1 Å². The van der Waals surface area contributed by atoms with Crippen molar-refractivity contribution in [2.45, 2.75) is 38.5 Å². The fraction of sp³-hybridized carbons (Fsp3) is 0.333. The van der Waals surface area contributed by atoms with Crippen molar-refractivity contribution in [1.82, 2.24) is 5.32 Å². The molecule has 2 aromatic rings. The van der Waals surface area contributed by atoms with Crippen molar-refractivity contribution >= 4 is 15.9 Å². The third kappa shape index (κ3) is 3.73. The average Bonchev–Trinajstić information content (AvgIpc) is 2.53. The molecule has 1 aliphatic carbocycles. The van der Waals surface area contributed by atoms with Crippen molar-refractivity contribution in [2.24, 2.45) is 0 Å². The summed E-state index contributed by atoms with van der Waals surface area (Å²) in [6.07, 6.45) is 3.43. The molecule has 0 saturated carbocycles. The number of fused-ring (bicyclic) bond motifs is 1. The first-order chi connectivity index (χ1) is 10.2. The predicted molar refractivity (Wildman–Crippen MR) is 89.2 cm³/mol. The number of halogens is 1. The van der Waals surface area contributed by atoms with E-state index < -0.39 is 0 Å². The summed E-state index contributed by atoms with van der Waals surface area (Å²) in [5.74, 6) is 0. The fourth-order valence-corrected chi connectivity index (χ4v) is 3.41. The summed E-state index contributed by atoms with van der Waals surface area (Å²) in [7, 11) is 0. The van der Waals surface area contributed by atoms with Gasteiger partial charge in [-0.2, -0.15) is 0 Å². The zero-order valence-corrected chi connectivity index (χ0v) is 13.6. The third-order valence-electron chi connectivity index (χ3n) is 4.17. The average molecular weight is 346 g/mol. The van der Waals surface area contributed by atoms with Gasteiger partial charge in [0.2, 0.25) is 0 Å². The summed E-state index contributed by atoms with van der Waals surface area (Å²) in [5.41, 5.74) is 5.16. The summed E-state index contributed by atoms with van der Waals surface area (Å²) in [6, 6.07) is 15.3. The lowest BCUT2D eigenvalue weighted by atomic mass is 9.88. The number of hydrogen-bond acceptors (Lipinski definition) is 2. The number of benzene rings is 2. The molecule has 2 N–H and O–H groups in total. The highest BCUT2D eigenvalue weighted by molar-refractivity contribution is 9.10. The van der Waals surface area contributed by atoms with Crippen LogP contribution in [0.1, 0.15) is 28.7 Å². The first-order valence-corrected chi connectivity index (χ1v) is 8.23. The van der Waals surface area contributed by atoms with Gasteiger partial charge in [0, 0.05) is 17.1 Å². The van der Waals surface area contributed by atoms with Crippen LogP contribution in [-0.4, -0.2) is 11.1 Å². The molecule has 110 valence electrons. The van der Waals surface area contributed by atoms with Crippen molar-refractivity contribution in [3.8, 4) is 0 Å². The normalized spacial score (nSPS) is 17.5. The van der Waals surface area contributed by atoms with E-state index >= 15 is 0 Å². The summed E-state index contributed by atoms with van der Waals surface area (Å²) in [5, 5.41) is 12.8. The number of aryl methyl sites for hydroxylation is 1. The second-order valence-corrected chi connectivity index (χ2v) is 6.63. The number of aliphatic hydroxyl groups is 1. The second-order valence-electron chi connectivity index (χ2n) is 5.71. The summed E-state index contributed by atoms with van der Waals surface area (Å²) in [4.78, 5) is 0. The largest absolute Gasteiger partial charge is 0.392 e. The summed E-state index contributed by atoms with van der Waals surface area (Å²) in [6.45, 7) is 0.976. The van der Waals surface area contributed by atoms with Crippen molar-refractivity contribution in [1.29, 1.82) is 0 Å². The Morgan fingerprint density at radius 3 is 2.81 bits per heavy atom. The highest BCUT2D eigenvalue weighted by atomic mass is 79.9. The molecule has 3 heteroatoms. The van der Waals surface area contributed by atoms with E-state index in [9.17, 15) is 5.11 Å². The lowest BCUT2D eigenvalue weighted by molar-refractivity contribution is 0.281. The Kier molecular flexibility index (Phi) is 4.73. The molecule has 0 saturated heterocycles. The standard InChI is InChI=1S/C18H20BrNO/c19-17-6-4-16-10-18(7-5-15(16)9-17)20-11-13-2-1-3-14(8-13)12-21/h1-4,6,8-9,18,20-21H,5,7,10-12H2. The van der Waals surface area contributed by atoms with Gasteiger partial charge in [0.15, 0.2) is 0 Å². The van der Waals surface area contributed by atoms with Crippen LogP contribution in [0.25, 0.3) is 0 Å². The van der Waals surface area contributed by atoms with Crippen LogP contribution < -0.4 is 5.32 Å². The van der Waals surface area contributed by atoms with E-state index in [-0.39, 0.29) is 6.61 Å². The monoisotopic (exact) mass is 345 g/mol. The molecule has 0 radical (unpaired) electrons. The molecule has 0 fully saturated rings. The zero-order chi connectivity index (χ0) is 14.7. The van der Waals surface area contributed by atoms with E-state index in [0.717, 1.165) is 24.9 Å². The molecular formula is C18H20BrNO. The van der Waals surface area contributed by atoms with Crippen molar-refractivity contribution in [3.63, 3.8) is 0 Å².